The second-order valence-corrected chi connectivity index (χ2v) is 6.73. The molecule has 9 heteroatoms. The number of hydrogen-bond acceptors (Lipinski definition) is 6. The van der Waals surface area contributed by atoms with Gasteiger partial charge in [0.25, 0.3) is 0 Å². The zero-order valence-corrected chi connectivity index (χ0v) is 14.7. The van der Waals surface area contributed by atoms with Crippen molar-refractivity contribution in [3.05, 3.63) is 42.0 Å². The molecule has 7 nitrogen and oxygen atoms in total. The molecule has 1 aromatic carbocycles. The minimum absolute atomic E-state index is 0. The van der Waals surface area contributed by atoms with Gasteiger partial charge in [-0.05, 0) is 26.1 Å². The quantitative estimate of drug-likeness (QED) is 0.733. The van der Waals surface area contributed by atoms with Gasteiger partial charge in [0.2, 0.25) is 15.9 Å². The van der Waals surface area contributed by atoms with E-state index in [0.29, 0.717) is 24.6 Å². The van der Waals surface area contributed by atoms with E-state index in [1.165, 1.54) is 0 Å². The fourth-order valence-electron chi connectivity index (χ4n) is 1.83. The van der Waals surface area contributed by atoms with Gasteiger partial charge in [-0.15, -0.1) is 12.4 Å². The number of nitrogens with one attached hydrogen (secondary N) is 2. The van der Waals surface area contributed by atoms with Crippen molar-refractivity contribution < 1.29 is 12.9 Å². The molecule has 128 valence electrons. The first kappa shape index (κ1) is 19.6. The van der Waals surface area contributed by atoms with E-state index in [0.717, 1.165) is 0 Å². The summed E-state index contributed by atoms with van der Waals surface area (Å²) in [5, 5.41) is 6.96. The minimum atomic E-state index is -3.50. The van der Waals surface area contributed by atoms with Gasteiger partial charge in [-0.2, -0.15) is 4.98 Å². The summed E-state index contributed by atoms with van der Waals surface area (Å²) < 4.78 is 31.7. The van der Waals surface area contributed by atoms with Crippen molar-refractivity contribution in [1.82, 2.24) is 20.2 Å². The number of benzene rings is 1. The van der Waals surface area contributed by atoms with Crippen molar-refractivity contribution in [2.75, 3.05) is 13.6 Å². The van der Waals surface area contributed by atoms with Crippen LogP contribution in [0.1, 0.15) is 18.6 Å². The van der Waals surface area contributed by atoms with Gasteiger partial charge in [0.1, 0.15) is 0 Å². The van der Waals surface area contributed by atoms with Crippen molar-refractivity contribution in [3.8, 4) is 0 Å². The van der Waals surface area contributed by atoms with Crippen molar-refractivity contribution in [2.24, 2.45) is 0 Å². The van der Waals surface area contributed by atoms with Crippen molar-refractivity contribution >= 4 is 22.4 Å². The number of nitrogens with zero attached hydrogens (tertiary/aromatic N) is 2. The number of halogens is 1. The predicted molar refractivity (Wildman–Crippen MR) is 89.1 cm³/mol. The van der Waals surface area contributed by atoms with E-state index in [4.69, 9.17) is 4.52 Å². The molecule has 0 aliphatic heterocycles. The van der Waals surface area contributed by atoms with Crippen LogP contribution in [0.4, 0.5) is 0 Å². The van der Waals surface area contributed by atoms with Crippen LogP contribution in [0, 0.1) is 0 Å². The lowest BCUT2D eigenvalue weighted by Gasteiger charge is -2.05. The van der Waals surface area contributed by atoms with Crippen LogP contribution in [0.15, 0.2) is 39.8 Å². The predicted octanol–water partition coefficient (Wildman–Crippen LogP) is 1.16. The van der Waals surface area contributed by atoms with Crippen molar-refractivity contribution in [3.63, 3.8) is 0 Å². The van der Waals surface area contributed by atoms with E-state index in [-0.39, 0.29) is 29.9 Å². The lowest BCUT2D eigenvalue weighted by Crippen LogP contribution is -2.26. The zero-order valence-electron chi connectivity index (χ0n) is 13.0. The first-order valence-corrected chi connectivity index (χ1v) is 8.53. The summed E-state index contributed by atoms with van der Waals surface area (Å²) in [7, 11) is -1.63. The molecule has 1 unspecified atom stereocenters. The lowest BCUT2D eigenvalue weighted by molar-refractivity contribution is 0.371. The van der Waals surface area contributed by atoms with Gasteiger partial charge in [0, 0.05) is 25.4 Å². The van der Waals surface area contributed by atoms with Crippen LogP contribution in [-0.4, -0.2) is 38.2 Å². The number of hydrogen-bond donors (Lipinski definition) is 2. The zero-order chi connectivity index (χ0) is 16.0. The Kier molecular flexibility index (Phi) is 7.63. The summed E-state index contributed by atoms with van der Waals surface area (Å²) in [4.78, 5) is 4.48. The lowest BCUT2D eigenvalue weighted by atomic mass is 10.2. The van der Waals surface area contributed by atoms with Crippen LogP contribution >= 0.6 is 12.4 Å². The molecule has 2 aromatic rings. The van der Waals surface area contributed by atoms with Crippen LogP contribution in [0.5, 0.6) is 0 Å². The highest BCUT2D eigenvalue weighted by molar-refractivity contribution is 7.89. The number of likely N-dealkylation sites (N-methyl/N-ethyl adjacent to an activating group) is 1. The summed E-state index contributed by atoms with van der Waals surface area (Å²) in [6.45, 7) is 2.23. The summed E-state index contributed by atoms with van der Waals surface area (Å²) in [6.07, 6.45) is 1.02. The fraction of sp³-hybridized carbons (Fsp3) is 0.429. The first-order valence-electron chi connectivity index (χ1n) is 7.04. The molecule has 0 aliphatic carbocycles. The normalized spacial score (nSPS) is 12.6. The van der Waals surface area contributed by atoms with Gasteiger partial charge in [0.05, 0.1) is 4.90 Å². The van der Waals surface area contributed by atoms with E-state index in [1.807, 2.05) is 14.0 Å². The fourth-order valence-corrected chi connectivity index (χ4v) is 2.88. The van der Waals surface area contributed by atoms with Crippen LogP contribution < -0.4 is 10.0 Å². The minimum Gasteiger partial charge on any atom is -0.339 e. The first-order chi connectivity index (χ1) is 10.5. The third-order valence-corrected chi connectivity index (χ3v) is 4.65. The highest BCUT2D eigenvalue weighted by Gasteiger charge is 2.14. The Hall–Kier alpha value is -1.48. The maximum atomic E-state index is 12.0. The van der Waals surface area contributed by atoms with Crippen LogP contribution in [-0.2, 0) is 22.9 Å². The van der Waals surface area contributed by atoms with Gasteiger partial charge >= 0.3 is 0 Å². The Morgan fingerprint density at radius 1 is 1.26 bits per heavy atom. The Bertz CT molecular complexity index is 691. The highest BCUT2D eigenvalue weighted by Crippen LogP contribution is 2.07. The topological polar surface area (TPSA) is 97.1 Å². The Morgan fingerprint density at radius 3 is 2.61 bits per heavy atom. The Balaban J connectivity index is 0.00000264. The molecule has 0 spiro atoms. The molecule has 0 saturated carbocycles. The molecule has 2 rings (SSSR count). The molecule has 1 aromatic heterocycles. The SMILES string of the molecule is CNC(C)Cc1noc(CCNS(=O)(=O)c2ccccc2)n1.Cl. The van der Waals surface area contributed by atoms with Gasteiger partial charge < -0.3 is 9.84 Å². The largest absolute Gasteiger partial charge is 0.339 e. The smallest absolute Gasteiger partial charge is 0.240 e. The molecule has 2 N–H and O–H groups in total. The molecule has 0 saturated heterocycles. The molecule has 23 heavy (non-hydrogen) atoms. The van der Waals surface area contributed by atoms with Gasteiger partial charge in [-0.25, -0.2) is 13.1 Å². The van der Waals surface area contributed by atoms with Gasteiger partial charge in [-0.1, -0.05) is 23.4 Å². The molecule has 0 fully saturated rings. The van der Waals surface area contributed by atoms with E-state index in [9.17, 15) is 8.42 Å². The van der Waals surface area contributed by atoms with E-state index in [2.05, 4.69) is 20.2 Å². The maximum Gasteiger partial charge on any atom is 0.240 e. The summed E-state index contributed by atoms with van der Waals surface area (Å²) in [5.41, 5.74) is 0. The molecular weight excluding hydrogens is 340 g/mol. The van der Waals surface area contributed by atoms with Crippen LogP contribution in [0.2, 0.25) is 0 Å². The number of aromatic nitrogens is 2. The Morgan fingerprint density at radius 2 is 1.96 bits per heavy atom. The number of rotatable bonds is 8. The summed E-state index contributed by atoms with van der Waals surface area (Å²) >= 11 is 0. The molecular formula is C14H21ClN4O3S. The monoisotopic (exact) mass is 360 g/mol. The molecule has 1 heterocycles. The van der Waals surface area contributed by atoms with Crippen molar-refractivity contribution in [1.29, 1.82) is 0 Å². The molecule has 0 aliphatic rings. The van der Waals surface area contributed by atoms with E-state index in [1.54, 1.807) is 30.3 Å². The summed E-state index contributed by atoms with van der Waals surface area (Å²) in [5.74, 6) is 1.04. The maximum absolute atomic E-state index is 12.0. The average molecular weight is 361 g/mol. The van der Waals surface area contributed by atoms with E-state index < -0.39 is 10.0 Å². The van der Waals surface area contributed by atoms with Crippen LogP contribution in [0.3, 0.4) is 0 Å². The van der Waals surface area contributed by atoms with Crippen LogP contribution in [0.25, 0.3) is 0 Å². The van der Waals surface area contributed by atoms with Gasteiger partial charge in [-0.3, -0.25) is 0 Å². The molecule has 1 atom stereocenters. The Labute approximate surface area is 142 Å². The molecule has 0 bridgehead atoms. The standard InChI is InChI=1S/C14H20N4O3S.ClH/c1-11(15-2)10-13-17-14(21-18-13)8-9-16-22(19,20)12-6-4-3-5-7-12;/h3-7,11,15-16H,8-10H2,1-2H3;1H. The summed E-state index contributed by atoms with van der Waals surface area (Å²) in [6, 6.07) is 8.48. The third kappa shape index (κ3) is 5.91. The molecule has 0 amide bonds. The third-order valence-electron chi connectivity index (χ3n) is 3.18. The molecule has 0 radical (unpaired) electrons. The van der Waals surface area contributed by atoms with E-state index >= 15 is 0 Å². The second-order valence-electron chi connectivity index (χ2n) is 4.96. The van der Waals surface area contributed by atoms with Gasteiger partial charge in [0.15, 0.2) is 5.82 Å². The highest BCUT2D eigenvalue weighted by atomic mass is 35.5. The average Bonchev–Trinajstić information content (AvgIpc) is 2.95. The number of sulfonamides is 1. The van der Waals surface area contributed by atoms with Crippen molar-refractivity contribution in [2.45, 2.75) is 30.7 Å². The second kappa shape index (κ2) is 8.97.